The summed E-state index contributed by atoms with van der Waals surface area (Å²) in [7, 11) is 1.37. The van der Waals surface area contributed by atoms with Crippen LogP contribution in [-0.4, -0.2) is 24.7 Å². The number of methoxy groups -OCH3 is 1. The quantitative estimate of drug-likeness (QED) is 0.805. The van der Waals surface area contributed by atoms with Gasteiger partial charge in [0.25, 0.3) is 0 Å². The van der Waals surface area contributed by atoms with Gasteiger partial charge in [0.1, 0.15) is 11.4 Å². The second-order valence-corrected chi connectivity index (χ2v) is 5.08. The SMILES string of the molecule is CCC(C)NC(C)(Cc1cccc(F)c1)C(=O)OC. The lowest BCUT2D eigenvalue weighted by atomic mass is 9.91. The zero-order valence-corrected chi connectivity index (χ0v) is 12.0. The van der Waals surface area contributed by atoms with E-state index in [4.69, 9.17) is 4.74 Å². The molecule has 0 bridgehead atoms. The highest BCUT2D eigenvalue weighted by Gasteiger charge is 2.35. The van der Waals surface area contributed by atoms with Gasteiger partial charge in [0, 0.05) is 12.5 Å². The number of hydrogen-bond donors (Lipinski definition) is 1. The van der Waals surface area contributed by atoms with Crippen molar-refractivity contribution in [3.63, 3.8) is 0 Å². The van der Waals surface area contributed by atoms with Crippen LogP contribution in [0.5, 0.6) is 0 Å². The maximum absolute atomic E-state index is 13.2. The van der Waals surface area contributed by atoms with Gasteiger partial charge in [0.05, 0.1) is 7.11 Å². The molecule has 1 N–H and O–H groups in total. The lowest BCUT2D eigenvalue weighted by Crippen LogP contribution is -2.55. The summed E-state index contributed by atoms with van der Waals surface area (Å²) >= 11 is 0. The van der Waals surface area contributed by atoms with Crippen LogP contribution in [-0.2, 0) is 16.0 Å². The van der Waals surface area contributed by atoms with Crippen LogP contribution in [0.2, 0.25) is 0 Å². The second-order valence-electron chi connectivity index (χ2n) is 5.08. The summed E-state index contributed by atoms with van der Waals surface area (Å²) in [6.07, 6.45) is 1.29. The van der Waals surface area contributed by atoms with Crippen LogP contribution in [0, 0.1) is 5.82 Å². The maximum atomic E-state index is 13.2. The second kappa shape index (κ2) is 6.66. The van der Waals surface area contributed by atoms with Crippen LogP contribution < -0.4 is 5.32 Å². The highest BCUT2D eigenvalue weighted by molar-refractivity contribution is 5.80. The predicted molar refractivity (Wildman–Crippen MR) is 73.4 cm³/mol. The molecule has 0 heterocycles. The summed E-state index contributed by atoms with van der Waals surface area (Å²) < 4.78 is 18.1. The fraction of sp³-hybridized carbons (Fsp3) is 0.533. The fourth-order valence-corrected chi connectivity index (χ4v) is 2.11. The fourth-order valence-electron chi connectivity index (χ4n) is 2.11. The Labute approximate surface area is 114 Å². The molecule has 19 heavy (non-hydrogen) atoms. The molecule has 0 aromatic heterocycles. The molecule has 0 fully saturated rings. The third kappa shape index (κ3) is 4.31. The predicted octanol–water partition coefficient (Wildman–Crippen LogP) is 2.69. The van der Waals surface area contributed by atoms with Crippen molar-refractivity contribution in [2.45, 2.75) is 45.2 Å². The van der Waals surface area contributed by atoms with Crippen LogP contribution in [0.3, 0.4) is 0 Å². The zero-order chi connectivity index (χ0) is 14.5. The number of halogens is 1. The van der Waals surface area contributed by atoms with Crippen LogP contribution in [0.25, 0.3) is 0 Å². The number of carbonyl (C=O) groups is 1. The van der Waals surface area contributed by atoms with E-state index in [0.717, 1.165) is 12.0 Å². The zero-order valence-electron chi connectivity index (χ0n) is 12.0. The lowest BCUT2D eigenvalue weighted by Gasteiger charge is -2.31. The molecular weight excluding hydrogens is 245 g/mol. The van der Waals surface area contributed by atoms with Gasteiger partial charge >= 0.3 is 5.97 Å². The molecule has 0 aliphatic heterocycles. The molecule has 0 aliphatic carbocycles. The molecule has 1 aromatic rings. The minimum Gasteiger partial charge on any atom is -0.468 e. The molecule has 0 saturated heterocycles. The highest BCUT2D eigenvalue weighted by atomic mass is 19.1. The molecule has 0 spiro atoms. The third-order valence-corrected chi connectivity index (χ3v) is 3.26. The van der Waals surface area contributed by atoms with Gasteiger partial charge in [-0.15, -0.1) is 0 Å². The average molecular weight is 267 g/mol. The molecule has 0 radical (unpaired) electrons. The monoisotopic (exact) mass is 267 g/mol. The molecule has 1 aromatic carbocycles. The first-order valence-electron chi connectivity index (χ1n) is 6.52. The molecule has 2 atom stereocenters. The normalized spacial score (nSPS) is 15.6. The van der Waals surface area contributed by atoms with Crippen molar-refractivity contribution in [2.75, 3.05) is 7.11 Å². The number of hydrogen-bond acceptors (Lipinski definition) is 3. The molecule has 4 heteroatoms. The van der Waals surface area contributed by atoms with Gasteiger partial charge in [-0.05, 0) is 38.0 Å². The van der Waals surface area contributed by atoms with E-state index in [1.807, 2.05) is 19.9 Å². The van der Waals surface area contributed by atoms with E-state index in [0.29, 0.717) is 6.42 Å². The molecule has 0 saturated carbocycles. The summed E-state index contributed by atoms with van der Waals surface area (Å²) in [6.45, 7) is 5.83. The Balaban J connectivity index is 2.94. The van der Waals surface area contributed by atoms with Crippen molar-refractivity contribution in [2.24, 2.45) is 0 Å². The largest absolute Gasteiger partial charge is 0.468 e. The van der Waals surface area contributed by atoms with E-state index in [9.17, 15) is 9.18 Å². The van der Waals surface area contributed by atoms with Gasteiger partial charge in [-0.3, -0.25) is 10.1 Å². The molecule has 0 aliphatic rings. The molecule has 0 amide bonds. The van der Waals surface area contributed by atoms with Gasteiger partial charge in [-0.2, -0.15) is 0 Å². The number of nitrogens with one attached hydrogen (secondary N) is 1. The standard InChI is InChI=1S/C15H22FNO2/c1-5-11(2)17-15(3,14(18)19-4)10-12-7-6-8-13(16)9-12/h6-9,11,17H,5,10H2,1-4H3. The Hall–Kier alpha value is -1.42. The molecule has 1 rings (SSSR count). The Bertz CT molecular complexity index is 436. The summed E-state index contributed by atoms with van der Waals surface area (Å²) in [6, 6.07) is 6.46. The van der Waals surface area contributed by atoms with Crippen molar-refractivity contribution >= 4 is 5.97 Å². The van der Waals surface area contributed by atoms with E-state index < -0.39 is 5.54 Å². The van der Waals surface area contributed by atoms with Crippen LogP contribution in [0.1, 0.15) is 32.8 Å². The summed E-state index contributed by atoms with van der Waals surface area (Å²) in [5, 5.41) is 3.26. The first-order chi connectivity index (χ1) is 8.91. The number of esters is 1. The van der Waals surface area contributed by atoms with Crippen molar-refractivity contribution in [1.29, 1.82) is 0 Å². The third-order valence-electron chi connectivity index (χ3n) is 3.26. The van der Waals surface area contributed by atoms with Gasteiger partial charge in [-0.1, -0.05) is 19.1 Å². The molecule has 3 nitrogen and oxygen atoms in total. The number of ether oxygens (including phenoxy) is 1. The Kier molecular flexibility index (Phi) is 5.48. The lowest BCUT2D eigenvalue weighted by molar-refractivity contribution is -0.148. The van der Waals surface area contributed by atoms with Gasteiger partial charge in [0.15, 0.2) is 0 Å². The molecule has 2 unspecified atom stereocenters. The smallest absolute Gasteiger partial charge is 0.326 e. The summed E-state index contributed by atoms with van der Waals surface area (Å²) in [5.74, 6) is -0.634. The Morgan fingerprint density at radius 2 is 2.21 bits per heavy atom. The number of benzene rings is 1. The van der Waals surface area contributed by atoms with Gasteiger partial charge in [0.2, 0.25) is 0 Å². The van der Waals surface area contributed by atoms with Crippen LogP contribution >= 0.6 is 0 Å². The first kappa shape index (κ1) is 15.6. The number of rotatable bonds is 6. The van der Waals surface area contributed by atoms with Crippen molar-refractivity contribution in [3.05, 3.63) is 35.6 Å². The van der Waals surface area contributed by atoms with Crippen LogP contribution in [0.4, 0.5) is 4.39 Å². The first-order valence-corrected chi connectivity index (χ1v) is 6.52. The highest BCUT2D eigenvalue weighted by Crippen LogP contribution is 2.17. The minimum absolute atomic E-state index is 0.178. The van der Waals surface area contributed by atoms with Crippen molar-refractivity contribution < 1.29 is 13.9 Å². The topological polar surface area (TPSA) is 38.3 Å². The van der Waals surface area contributed by atoms with E-state index in [2.05, 4.69) is 5.32 Å². The summed E-state index contributed by atoms with van der Waals surface area (Å²) in [5.41, 5.74) is -0.0819. The molecular formula is C15H22FNO2. The average Bonchev–Trinajstić information content (AvgIpc) is 2.37. The van der Waals surface area contributed by atoms with Crippen molar-refractivity contribution in [3.8, 4) is 0 Å². The van der Waals surface area contributed by atoms with E-state index >= 15 is 0 Å². The van der Waals surface area contributed by atoms with E-state index in [1.54, 1.807) is 13.0 Å². The Morgan fingerprint density at radius 3 is 2.74 bits per heavy atom. The van der Waals surface area contributed by atoms with E-state index in [1.165, 1.54) is 19.2 Å². The minimum atomic E-state index is -0.849. The molecule has 106 valence electrons. The van der Waals surface area contributed by atoms with E-state index in [-0.39, 0.29) is 17.8 Å². The van der Waals surface area contributed by atoms with Gasteiger partial charge < -0.3 is 4.74 Å². The maximum Gasteiger partial charge on any atom is 0.326 e. The number of carbonyl (C=O) groups excluding carboxylic acids is 1. The Morgan fingerprint density at radius 1 is 1.53 bits per heavy atom. The van der Waals surface area contributed by atoms with Crippen molar-refractivity contribution in [1.82, 2.24) is 5.32 Å². The summed E-state index contributed by atoms with van der Waals surface area (Å²) in [4.78, 5) is 12.0. The van der Waals surface area contributed by atoms with Gasteiger partial charge in [-0.25, -0.2) is 4.39 Å². The van der Waals surface area contributed by atoms with Crippen LogP contribution in [0.15, 0.2) is 24.3 Å².